The molecule has 0 aromatic heterocycles. The smallest absolute Gasteiger partial charge is 0.303 e. The van der Waals surface area contributed by atoms with E-state index in [0.29, 0.717) is 59.2 Å². The van der Waals surface area contributed by atoms with Gasteiger partial charge in [0.25, 0.3) is 0 Å². The Balaban J connectivity index is 1.05. The molecule has 0 spiro atoms. The topological polar surface area (TPSA) is 86.7 Å². The van der Waals surface area contributed by atoms with E-state index in [0.717, 1.165) is 56.0 Å². The molecule has 1 saturated heterocycles. The fraction of sp³-hybridized carbons (Fsp3) is 0.872. The highest BCUT2D eigenvalue weighted by atomic mass is 32.2. The van der Waals surface area contributed by atoms with E-state index in [1.54, 1.807) is 5.57 Å². The molecule has 46 heavy (non-hydrogen) atoms. The first kappa shape index (κ1) is 33.3. The van der Waals surface area contributed by atoms with Gasteiger partial charge < -0.3 is 15.3 Å². The summed E-state index contributed by atoms with van der Waals surface area (Å²) in [6.07, 6.45) is 21.8. The Labute approximate surface area is 279 Å². The molecule has 0 aromatic rings. The van der Waals surface area contributed by atoms with E-state index in [9.17, 15) is 18.3 Å². The van der Waals surface area contributed by atoms with Gasteiger partial charge in [-0.25, -0.2) is 8.42 Å². The number of hydrogen-bond acceptors (Lipinski definition) is 5. The van der Waals surface area contributed by atoms with Crippen LogP contribution in [0.2, 0.25) is 0 Å². The fourth-order valence-electron chi connectivity index (χ4n) is 13.7. The second kappa shape index (κ2) is 12.0. The summed E-state index contributed by atoms with van der Waals surface area (Å²) in [6.45, 7) is 13.9. The summed E-state index contributed by atoms with van der Waals surface area (Å²) in [6, 6.07) is 0. The molecule has 8 unspecified atom stereocenters. The molecule has 1 aliphatic heterocycles. The zero-order valence-corrected chi connectivity index (χ0v) is 30.1. The lowest BCUT2D eigenvalue weighted by Gasteiger charge is -2.68. The molecule has 0 radical (unpaired) electrons. The summed E-state index contributed by atoms with van der Waals surface area (Å²) in [5.41, 5.74) is 4.34. The number of fused-ring (bicyclic) bond motifs is 7. The molecule has 5 fully saturated rings. The van der Waals surface area contributed by atoms with Crippen molar-refractivity contribution in [2.75, 3.05) is 37.7 Å². The highest BCUT2D eigenvalue weighted by Gasteiger charge is 2.65. The number of carboxylic acids is 1. The zero-order chi connectivity index (χ0) is 32.5. The van der Waals surface area contributed by atoms with E-state index in [2.05, 4.69) is 50.1 Å². The molecule has 2 N–H and O–H groups in total. The standard InChI is InChI=1S/C39H62N2O4S/c1-36(2)30(28-9-7-27(8-10-28)26-35(42)43)13-17-38(4)33(36)15-18-37(3)31-14-19-39(16-5-6-32(39)29(31)11-12-34(37)38)40-20-21-41-22-24-46(44,45)25-23-41/h9,13,27,29,31-34,40H,5-8,10-12,14-26H2,1-4H3,(H,42,43)/t27?,29?,31?,32-,33?,34?,37?,38?,39?/m1/s1. The van der Waals surface area contributed by atoms with Gasteiger partial charge in [0, 0.05) is 38.1 Å². The molecule has 1 heterocycles. The van der Waals surface area contributed by atoms with E-state index in [1.807, 2.05) is 0 Å². The molecule has 4 saturated carbocycles. The van der Waals surface area contributed by atoms with Gasteiger partial charge in [-0.3, -0.25) is 4.79 Å². The zero-order valence-electron chi connectivity index (χ0n) is 29.3. The van der Waals surface area contributed by atoms with Crippen LogP contribution in [0.4, 0.5) is 0 Å². The maximum atomic E-state index is 11.9. The summed E-state index contributed by atoms with van der Waals surface area (Å²) in [7, 11) is -2.82. The Morgan fingerprint density at radius 2 is 1.70 bits per heavy atom. The Kier molecular flexibility index (Phi) is 8.69. The minimum atomic E-state index is -2.82. The fourth-order valence-corrected chi connectivity index (χ4v) is 15.0. The van der Waals surface area contributed by atoms with Crippen molar-refractivity contribution in [2.45, 2.75) is 123 Å². The molecular weight excluding hydrogens is 593 g/mol. The van der Waals surface area contributed by atoms with Crippen molar-refractivity contribution in [1.82, 2.24) is 10.2 Å². The van der Waals surface area contributed by atoms with Crippen molar-refractivity contribution >= 4 is 15.8 Å². The van der Waals surface area contributed by atoms with Crippen LogP contribution in [0.3, 0.4) is 0 Å². The number of sulfone groups is 1. The van der Waals surface area contributed by atoms with Gasteiger partial charge >= 0.3 is 5.97 Å². The van der Waals surface area contributed by atoms with E-state index in [1.165, 1.54) is 69.8 Å². The lowest BCUT2D eigenvalue weighted by atomic mass is 9.37. The molecule has 6 aliphatic carbocycles. The molecule has 0 aromatic carbocycles. The number of allylic oxidation sites excluding steroid dienone is 4. The molecule has 7 heteroatoms. The van der Waals surface area contributed by atoms with Crippen LogP contribution in [0, 0.1) is 51.8 Å². The summed E-state index contributed by atoms with van der Waals surface area (Å²) < 4.78 is 23.8. The van der Waals surface area contributed by atoms with Crippen molar-refractivity contribution < 1.29 is 18.3 Å². The molecule has 7 aliphatic rings. The molecule has 6 nitrogen and oxygen atoms in total. The van der Waals surface area contributed by atoms with E-state index in [-0.39, 0.29) is 5.41 Å². The van der Waals surface area contributed by atoms with Crippen LogP contribution in [-0.2, 0) is 14.6 Å². The van der Waals surface area contributed by atoms with Crippen LogP contribution in [0.25, 0.3) is 0 Å². The lowest BCUT2D eigenvalue weighted by molar-refractivity contribution is -0.175. The minimum absolute atomic E-state index is 0.159. The molecule has 0 amide bonds. The second-order valence-corrected chi connectivity index (χ2v) is 20.4. The van der Waals surface area contributed by atoms with Crippen molar-refractivity contribution in [2.24, 2.45) is 51.8 Å². The largest absolute Gasteiger partial charge is 0.481 e. The number of nitrogens with zero attached hydrogens (tertiary/aromatic N) is 1. The number of rotatable bonds is 7. The predicted molar refractivity (Wildman–Crippen MR) is 185 cm³/mol. The molecule has 9 atom stereocenters. The van der Waals surface area contributed by atoms with Crippen LogP contribution >= 0.6 is 0 Å². The third kappa shape index (κ3) is 5.58. The average Bonchev–Trinajstić information content (AvgIpc) is 3.42. The van der Waals surface area contributed by atoms with Crippen LogP contribution in [0.15, 0.2) is 23.3 Å². The Hall–Kier alpha value is -1.18. The number of carbonyl (C=O) groups is 1. The summed E-state index contributed by atoms with van der Waals surface area (Å²) in [5.74, 6) is 4.27. The first-order chi connectivity index (χ1) is 21.8. The Bertz CT molecular complexity index is 1360. The van der Waals surface area contributed by atoms with Crippen LogP contribution in [-0.4, -0.2) is 67.6 Å². The van der Waals surface area contributed by atoms with E-state index in [4.69, 9.17) is 0 Å². The van der Waals surface area contributed by atoms with Gasteiger partial charge in [-0.05, 0) is 140 Å². The number of hydrogen-bond donors (Lipinski definition) is 2. The van der Waals surface area contributed by atoms with Gasteiger partial charge in [-0.15, -0.1) is 0 Å². The van der Waals surface area contributed by atoms with Crippen LogP contribution < -0.4 is 5.32 Å². The second-order valence-electron chi connectivity index (χ2n) is 18.1. The molecule has 0 bridgehead atoms. The highest BCUT2D eigenvalue weighted by molar-refractivity contribution is 7.91. The minimum Gasteiger partial charge on any atom is -0.481 e. The van der Waals surface area contributed by atoms with Gasteiger partial charge in [0.05, 0.1) is 11.5 Å². The number of aliphatic carboxylic acids is 1. The third-order valence-corrected chi connectivity index (χ3v) is 17.4. The maximum absolute atomic E-state index is 11.9. The SMILES string of the molecule is CC1(C)C(C2=CCC(CC(=O)O)CC2)=CCC2(C)C1CCC1(C)C3CCC4(NCCN5CCS(=O)(=O)CC5)CCC[C@@H]4C3CCC12. The van der Waals surface area contributed by atoms with Crippen molar-refractivity contribution in [3.8, 4) is 0 Å². The quantitative estimate of drug-likeness (QED) is 0.301. The molecule has 258 valence electrons. The summed E-state index contributed by atoms with van der Waals surface area (Å²) >= 11 is 0. The van der Waals surface area contributed by atoms with Crippen molar-refractivity contribution in [3.05, 3.63) is 23.3 Å². The Morgan fingerprint density at radius 3 is 2.41 bits per heavy atom. The van der Waals surface area contributed by atoms with Gasteiger partial charge in [0.15, 0.2) is 9.84 Å². The van der Waals surface area contributed by atoms with E-state index < -0.39 is 15.8 Å². The maximum Gasteiger partial charge on any atom is 0.303 e. The average molecular weight is 655 g/mol. The molecule has 7 rings (SSSR count). The van der Waals surface area contributed by atoms with Crippen molar-refractivity contribution in [1.29, 1.82) is 0 Å². The first-order valence-electron chi connectivity index (χ1n) is 19.1. The van der Waals surface area contributed by atoms with Crippen LogP contribution in [0.1, 0.15) is 118 Å². The van der Waals surface area contributed by atoms with Crippen molar-refractivity contribution in [3.63, 3.8) is 0 Å². The van der Waals surface area contributed by atoms with Crippen LogP contribution in [0.5, 0.6) is 0 Å². The van der Waals surface area contributed by atoms with Gasteiger partial charge in [-0.2, -0.15) is 0 Å². The van der Waals surface area contributed by atoms with Gasteiger partial charge in [0.2, 0.25) is 0 Å². The molecular formula is C39H62N2O4S. The predicted octanol–water partition coefficient (Wildman–Crippen LogP) is 7.26. The van der Waals surface area contributed by atoms with E-state index >= 15 is 0 Å². The first-order valence-corrected chi connectivity index (χ1v) is 20.9. The monoisotopic (exact) mass is 654 g/mol. The van der Waals surface area contributed by atoms with Gasteiger partial charge in [0.1, 0.15) is 0 Å². The summed E-state index contributed by atoms with van der Waals surface area (Å²) in [5, 5.41) is 13.5. The lowest BCUT2D eigenvalue weighted by Crippen LogP contribution is -2.64. The highest BCUT2D eigenvalue weighted by Crippen LogP contribution is 2.72. The van der Waals surface area contributed by atoms with Gasteiger partial charge in [-0.1, -0.05) is 46.3 Å². The third-order valence-electron chi connectivity index (χ3n) is 15.8. The normalized spacial score (nSPS) is 45.0. The summed E-state index contributed by atoms with van der Waals surface area (Å²) in [4.78, 5) is 13.7. The number of nitrogens with one attached hydrogen (secondary N) is 1. The Morgan fingerprint density at radius 1 is 0.913 bits per heavy atom. The number of carboxylic acid groups (broad SMARTS) is 1.